The molecule has 0 aliphatic heterocycles. The first kappa shape index (κ1) is 15.9. The number of nitrogens with zero attached hydrogens (tertiary/aromatic N) is 1. The van der Waals surface area contributed by atoms with Crippen molar-refractivity contribution in [2.45, 2.75) is 13.5 Å². The molecule has 1 heterocycles. The molecule has 0 bridgehead atoms. The third kappa shape index (κ3) is 3.49. The van der Waals surface area contributed by atoms with Gasteiger partial charge in [0.05, 0.1) is 12.1 Å². The maximum absolute atomic E-state index is 12.5. The Balaban J connectivity index is 1.74. The van der Waals surface area contributed by atoms with Crippen LogP contribution in [0, 0.1) is 6.92 Å². The van der Waals surface area contributed by atoms with Crippen molar-refractivity contribution in [1.29, 1.82) is 0 Å². The lowest BCUT2D eigenvalue weighted by molar-refractivity contribution is 0.0948. The van der Waals surface area contributed by atoms with Crippen molar-refractivity contribution in [2.75, 3.05) is 0 Å². The van der Waals surface area contributed by atoms with Crippen LogP contribution in [0.4, 0.5) is 0 Å². The lowest BCUT2D eigenvalue weighted by Gasteiger charge is -2.12. The van der Waals surface area contributed by atoms with Gasteiger partial charge in [-0.05, 0) is 43.3 Å². The Labute approximate surface area is 141 Å². The lowest BCUT2D eigenvalue weighted by Crippen LogP contribution is -2.24. The van der Waals surface area contributed by atoms with Gasteiger partial charge in [0.15, 0.2) is 0 Å². The van der Waals surface area contributed by atoms with E-state index in [2.05, 4.69) is 9.88 Å². The molecule has 0 aliphatic rings. The molecule has 122 valence electrons. The molecule has 2 aromatic carbocycles. The van der Waals surface area contributed by atoms with Gasteiger partial charge in [-0.15, -0.1) is 0 Å². The highest BCUT2D eigenvalue weighted by Crippen LogP contribution is 2.25. The van der Waals surface area contributed by atoms with Crippen molar-refractivity contribution >= 4 is 5.91 Å². The second kappa shape index (κ2) is 7.04. The zero-order valence-electron chi connectivity index (χ0n) is 13.8. The number of carbonyl (C=O) groups excluding carboxylic acids is 1. The summed E-state index contributed by atoms with van der Waals surface area (Å²) in [6.45, 7) is 2.51. The summed E-state index contributed by atoms with van der Waals surface area (Å²) in [6.07, 6.45) is 0. The van der Waals surface area contributed by atoms with Crippen LogP contribution in [0.1, 0.15) is 21.7 Å². The number of nitrogens with one attached hydrogen (secondary N) is 1. The van der Waals surface area contributed by atoms with Crippen LogP contribution < -0.4 is 10.1 Å². The van der Waals surface area contributed by atoms with E-state index in [0.717, 1.165) is 11.4 Å². The number of carbonyl (C=O) groups is 1. The van der Waals surface area contributed by atoms with E-state index < -0.39 is 0 Å². The minimum atomic E-state index is -0.152. The first-order chi connectivity index (χ1) is 11.6. The van der Waals surface area contributed by atoms with Crippen LogP contribution in [0.5, 0.6) is 11.5 Å². The fourth-order valence-corrected chi connectivity index (χ4v) is 2.47. The molecule has 0 fully saturated rings. The Bertz CT molecular complexity index is 838. The average molecular weight is 320 g/mol. The Morgan fingerprint density at radius 1 is 1.00 bits per heavy atom. The van der Waals surface area contributed by atoms with E-state index in [9.17, 15) is 4.79 Å². The Morgan fingerprint density at radius 3 is 2.42 bits per heavy atom. The molecule has 4 nitrogen and oxygen atoms in total. The molecule has 1 N–H and O–H groups in total. The molecule has 0 aliphatic carbocycles. The maximum Gasteiger partial charge on any atom is 0.255 e. The molecule has 3 aromatic rings. The molecular weight excluding hydrogens is 300 g/mol. The molecule has 0 unspecified atom stereocenters. The smallest absolute Gasteiger partial charge is 0.255 e. The monoisotopic (exact) mass is 320 g/mol. The highest BCUT2D eigenvalue weighted by Gasteiger charge is 2.13. The summed E-state index contributed by atoms with van der Waals surface area (Å²) < 4.78 is 7.91. The Hall–Kier alpha value is -3.01. The fourth-order valence-electron chi connectivity index (χ4n) is 2.47. The highest BCUT2D eigenvalue weighted by atomic mass is 16.5. The van der Waals surface area contributed by atoms with Crippen molar-refractivity contribution in [2.24, 2.45) is 7.05 Å². The summed E-state index contributed by atoms with van der Waals surface area (Å²) in [4.78, 5) is 12.5. The molecule has 24 heavy (non-hydrogen) atoms. The van der Waals surface area contributed by atoms with E-state index >= 15 is 0 Å². The van der Waals surface area contributed by atoms with Crippen molar-refractivity contribution in [3.63, 3.8) is 0 Å². The summed E-state index contributed by atoms with van der Waals surface area (Å²) >= 11 is 0. The van der Waals surface area contributed by atoms with Gasteiger partial charge in [0.2, 0.25) is 0 Å². The number of para-hydroxylation sites is 2. The van der Waals surface area contributed by atoms with Crippen LogP contribution in [0.3, 0.4) is 0 Å². The first-order valence-corrected chi connectivity index (χ1v) is 7.86. The predicted molar refractivity (Wildman–Crippen MR) is 94.3 cm³/mol. The zero-order chi connectivity index (χ0) is 16.9. The van der Waals surface area contributed by atoms with E-state index in [1.54, 1.807) is 12.1 Å². The third-order valence-corrected chi connectivity index (χ3v) is 4.01. The van der Waals surface area contributed by atoms with Crippen LogP contribution in [-0.2, 0) is 13.6 Å². The van der Waals surface area contributed by atoms with Crippen LogP contribution in [-0.4, -0.2) is 10.5 Å². The van der Waals surface area contributed by atoms with Crippen molar-refractivity contribution in [3.8, 4) is 11.5 Å². The second-order valence-corrected chi connectivity index (χ2v) is 5.62. The molecule has 0 saturated heterocycles. The van der Waals surface area contributed by atoms with E-state index in [4.69, 9.17) is 4.74 Å². The number of hydrogen-bond acceptors (Lipinski definition) is 2. The molecular formula is C20H20N2O2. The van der Waals surface area contributed by atoms with Gasteiger partial charge in [0.1, 0.15) is 11.5 Å². The van der Waals surface area contributed by atoms with Gasteiger partial charge in [-0.2, -0.15) is 0 Å². The average Bonchev–Trinajstić information content (AvgIpc) is 2.93. The second-order valence-electron chi connectivity index (χ2n) is 5.62. The summed E-state index contributed by atoms with van der Waals surface area (Å²) in [7, 11) is 1.99. The van der Waals surface area contributed by atoms with Gasteiger partial charge in [0.25, 0.3) is 5.91 Å². The molecule has 0 atom stereocenters. The zero-order valence-corrected chi connectivity index (χ0v) is 13.8. The molecule has 0 saturated carbocycles. The van der Waals surface area contributed by atoms with Gasteiger partial charge >= 0.3 is 0 Å². The fraction of sp³-hybridized carbons (Fsp3) is 0.150. The molecule has 4 heteroatoms. The lowest BCUT2D eigenvalue weighted by atomic mass is 10.2. The topological polar surface area (TPSA) is 43.3 Å². The number of ether oxygens (including phenoxy) is 1. The van der Waals surface area contributed by atoms with Gasteiger partial charge in [-0.25, -0.2) is 0 Å². The number of aryl methyl sites for hydroxylation is 1. The van der Waals surface area contributed by atoms with Crippen LogP contribution in [0.15, 0.2) is 66.7 Å². The molecule has 1 amide bonds. The predicted octanol–water partition coefficient (Wildman–Crippen LogP) is 4.06. The molecule has 1 aromatic heterocycles. The number of hydrogen-bond donors (Lipinski definition) is 1. The summed E-state index contributed by atoms with van der Waals surface area (Å²) in [6, 6.07) is 20.8. The van der Waals surface area contributed by atoms with Crippen LogP contribution in [0.2, 0.25) is 0 Å². The van der Waals surface area contributed by atoms with E-state index in [1.165, 1.54) is 0 Å². The third-order valence-electron chi connectivity index (χ3n) is 4.01. The highest BCUT2D eigenvalue weighted by molar-refractivity contribution is 5.96. The quantitative estimate of drug-likeness (QED) is 0.770. The number of aromatic nitrogens is 1. The summed E-state index contributed by atoms with van der Waals surface area (Å²) in [5.41, 5.74) is 2.74. The van der Waals surface area contributed by atoms with Gasteiger partial charge < -0.3 is 14.6 Å². The largest absolute Gasteiger partial charge is 0.457 e. The van der Waals surface area contributed by atoms with Gasteiger partial charge in [0, 0.05) is 18.4 Å². The standard InChI is InChI=1S/C20H20N2O2/c1-15-12-13-16(22(15)2)14-21-20(23)18-10-6-7-11-19(18)24-17-8-4-3-5-9-17/h3-13H,14H2,1-2H3,(H,21,23). The van der Waals surface area contributed by atoms with E-state index in [0.29, 0.717) is 23.6 Å². The molecule has 3 rings (SSSR count). The Kier molecular flexibility index (Phi) is 4.66. The van der Waals surface area contributed by atoms with E-state index in [1.807, 2.05) is 68.6 Å². The van der Waals surface area contributed by atoms with Crippen LogP contribution >= 0.6 is 0 Å². The van der Waals surface area contributed by atoms with Crippen molar-refractivity contribution in [1.82, 2.24) is 9.88 Å². The number of amides is 1. The molecule has 0 radical (unpaired) electrons. The number of benzene rings is 2. The van der Waals surface area contributed by atoms with Crippen LogP contribution in [0.25, 0.3) is 0 Å². The van der Waals surface area contributed by atoms with Crippen molar-refractivity contribution < 1.29 is 9.53 Å². The normalized spacial score (nSPS) is 10.4. The minimum absolute atomic E-state index is 0.152. The number of rotatable bonds is 5. The van der Waals surface area contributed by atoms with E-state index in [-0.39, 0.29) is 5.91 Å². The maximum atomic E-state index is 12.5. The van der Waals surface area contributed by atoms with Crippen molar-refractivity contribution in [3.05, 3.63) is 83.7 Å². The molecule has 0 spiro atoms. The SMILES string of the molecule is Cc1ccc(CNC(=O)c2ccccc2Oc2ccccc2)n1C. The first-order valence-electron chi connectivity index (χ1n) is 7.86. The summed E-state index contributed by atoms with van der Waals surface area (Å²) in [5.74, 6) is 1.10. The minimum Gasteiger partial charge on any atom is -0.457 e. The summed E-state index contributed by atoms with van der Waals surface area (Å²) in [5, 5.41) is 2.96. The Morgan fingerprint density at radius 2 is 1.71 bits per heavy atom. The van der Waals surface area contributed by atoms with Gasteiger partial charge in [-0.3, -0.25) is 4.79 Å². The van der Waals surface area contributed by atoms with Gasteiger partial charge in [-0.1, -0.05) is 30.3 Å².